The number of benzene rings is 1. The number of nitro benzene ring substituents is 1. The van der Waals surface area contributed by atoms with E-state index >= 15 is 0 Å². The third kappa shape index (κ3) is 3.32. The summed E-state index contributed by atoms with van der Waals surface area (Å²) < 4.78 is 0. The second-order valence-electron chi connectivity index (χ2n) is 4.37. The number of hydrazone groups is 1. The van der Waals surface area contributed by atoms with Crippen molar-refractivity contribution in [2.24, 2.45) is 5.10 Å². The first-order chi connectivity index (χ1) is 10.0. The molecule has 21 heavy (non-hydrogen) atoms. The molecule has 2 rings (SSSR count). The van der Waals surface area contributed by atoms with Crippen molar-refractivity contribution in [1.82, 2.24) is 5.43 Å². The van der Waals surface area contributed by atoms with Crippen LogP contribution in [0.5, 0.6) is 0 Å². The highest BCUT2D eigenvalue weighted by Crippen LogP contribution is 2.20. The zero-order chi connectivity index (χ0) is 15.4. The van der Waals surface area contributed by atoms with Crippen LogP contribution in [0.15, 0.2) is 34.7 Å². The van der Waals surface area contributed by atoms with E-state index in [-0.39, 0.29) is 11.3 Å². The first kappa shape index (κ1) is 14.9. The number of thiophene rings is 1. The molecule has 0 aliphatic heterocycles. The monoisotopic (exact) mass is 303 g/mol. The lowest BCUT2D eigenvalue weighted by Crippen LogP contribution is -2.19. The van der Waals surface area contributed by atoms with Gasteiger partial charge in [-0.1, -0.05) is 6.07 Å². The summed E-state index contributed by atoms with van der Waals surface area (Å²) in [6.07, 6.45) is 1.56. The lowest BCUT2D eigenvalue weighted by atomic mass is 10.1. The molecule has 0 unspecified atom stereocenters. The molecule has 0 saturated carbocycles. The molecule has 108 valence electrons. The Morgan fingerprint density at radius 3 is 2.76 bits per heavy atom. The molecule has 0 radical (unpaired) electrons. The van der Waals surface area contributed by atoms with E-state index in [1.54, 1.807) is 13.1 Å². The van der Waals surface area contributed by atoms with Gasteiger partial charge in [0, 0.05) is 16.5 Å². The number of carbonyl (C=O) groups is 1. The summed E-state index contributed by atoms with van der Waals surface area (Å²) in [6, 6.07) is 6.33. The van der Waals surface area contributed by atoms with E-state index in [0.29, 0.717) is 5.56 Å². The van der Waals surface area contributed by atoms with E-state index in [2.05, 4.69) is 10.5 Å². The van der Waals surface area contributed by atoms with Gasteiger partial charge in [0.25, 0.3) is 11.6 Å². The van der Waals surface area contributed by atoms with Crippen LogP contribution in [0.2, 0.25) is 0 Å². The third-order valence-corrected chi connectivity index (χ3v) is 3.95. The fraction of sp³-hybridized carbons (Fsp3) is 0.143. The molecule has 0 fully saturated rings. The maximum Gasteiger partial charge on any atom is 0.273 e. The van der Waals surface area contributed by atoms with E-state index in [4.69, 9.17) is 0 Å². The van der Waals surface area contributed by atoms with Gasteiger partial charge in [-0.05, 0) is 36.9 Å². The number of nitrogens with zero attached hydrogens (tertiary/aromatic N) is 2. The topological polar surface area (TPSA) is 84.6 Å². The number of hydrogen-bond acceptors (Lipinski definition) is 5. The minimum absolute atomic E-state index is 0.0827. The lowest BCUT2D eigenvalue weighted by molar-refractivity contribution is -0.385. The van der Waals surface area contributed by atoms with Gasteiger partial charge in [0.05, 0.1) is 16.7 Å². The molecular formula is C14H13N3O3S. The van der Waals surface area contributed by atoms with Crippen LogP contribution in [0.25, 0.3) is 0 Å². The average molecular weight is 303 g/mol. The SMILES string of the molecule is Cc1ccsc1/C=N/NC(=O)c1cccc([N+](=O)[O-])c1C. The van der Waals surface area contributed by atoms with Crippen molar-refractivity contribution in [1.29, 1.82) is 0 Å². The Bertz CT molecular complexity index is 722. The molecule has 1 amide bonds. The molecule has 7 heteroatoms. The van der Waals surface area contributed by atoms with Crippen molar-refractivity contribution in [2.45, 2.75) is 13.8 Å². The molecular weight excluding hydrogens is 290 g/mol. The maximum absolute atomic E-state index is 12.0. The van der Waals surface area contributed by atoms with Crippen LogP contribution in [0.3, 0.4) is 0 Å². The summed E-state index contributed by atoms with van der Waals surface area (Å²) in [7, 11) is 0. The van der Waals surface area contributed by atoms with Crippen molar-refractivity contribution in [3.63, 3.8) is 0 Å². The van der Waals surface area contributed by atoms with Crippen LogP contribution in [0, 0.1) is 24.0 Å². The van der Waals surface area contributed by atoms with Crippen molar-refractivity contribution in [2.75, 3.05) is 0 Å². The summed E-state index contributed by atoms with van der Waals surface area (Å²) in [4.78, 5) is 23.3. The smallest absolute Gasteiger partial charge is 0.267 e. The molecule has 0 aliphatic rings. The van der Waals surface area contributed by atoms with Crippen molar-refractivity contribution in [3.05, 3.63) is 61.3 Å². The van der Waals surface area contributed by atoms with Gasteiger partial charge < -0.3 is 0 Å². The number of hydrogen-bond donors (Lipinski definition) is 1. The van der Waals surface area contributed by atoms with E-state index in [1.807, 2.05) is 18.4 Å². The quantitative estimate of drug-likeness (QED) is 0.535. The molecule has 1 N–H and O–H groups in total. The van der Waals surface area contributed by atoms with Crippen LogP contribution >= 0.6 is 11.3 Å². The number of nitro groups is 1. The normalized spacial score (nSPS) is 10.8. The number of amides is 1. The van der Waals surface area contributed by atoms with Gasteiger partial charge >= 0.3 is 0 Å². The Labute approximate surface area is 125 Å². The molecule has 0 bridgehead atoms. The standard InChI is InChI=1S/C14H13N3O3S/c1-9-6-7-21-13(9)8-15-16-14(18)11-4-3-5-12(10(11)2)17(19)20/h3-8H,1-2H3,(H,16,18)/b15-8+. The second kappa shape index (κ2) is 6.27. The highest BCUT2D eigenvalue weighted by atomic mass is 32.1. The molecule has 0 atom stereocenters. The minimum Gasteiger partial charge on any atom is -0.267 e. The fourth-order valence-electron chi connectivity index (χ4n) is 1.79. The number of nitrogens with one attached hydrogen (secondary N) is 1. The second-order valence-corrected chi connectivity index (χ2v) is 5.32. The summed E-state index contributed by atoms with van der Waals surface area (Å²) in [5.41, 5.74) is 3.94. The first-order valence-electron chi connectivity index (χ1n) is 6.12. The highest BCUT2D eigenvalue weighted by molar-refractivity contribution is 7.11. The van der Waals surface area contributed by atoms with Gasteiger partial charge in [-0.15, -0.1) is 11.3 Å². The predicted molar refractivity (Wildman–Crippen MR) is 81.9 cm³/mol. The zero-order valence-electron chi connectivity index (χ0n) is 11.5. The maximum atomic E-state index is 12.0. The number of aryl methyl sites for hydroxylation is 1. The summed E-state index contributed by atoms with van der Waals surface area (Å²) in [6.45, 7) is 3.49. The molecule has 0 aliphatic carbocycles. The number of carbonyl (C=O) groups excluding carboxylic acids is 1. The molecule has 1 aromatic carbocycles. The predicted octanol–water partition coefficient (Wildman–Crippen LogP) is 3.04. The molecule has 6 nitrogen and oxygen atoms in total. The summed E-state index contributed by atoms with van der Waals surface area (Å²) in [5, 5.41) is 16.7. The van der Waals surface area contributed by atoms with Crippen LogP contribution < -0.4 is 5.43 Å². The van der Waals surface area contributed by atoms with E-state index in [1.165, 1.54) is 29.5 Å². The van der Waals surface area contributed by atoms with Gasteiger partial charge in [0.2, 0.25) is 0 Å². The molecule has 0 spiro atoms. The van der Waals surface area contributed by atoms with Crippen LogP contribution in [0.1, 0.15) is 26.4 Å². The zero-order valence-corrected chi connectivity index (χ0v) is 12.3. The van der Waals surface area contributed by atoms with Crippen molar-refractivity contribution < 1.29 is 9.72 Å². The molecule has 0 saturated heterocycles. The van der Waals surface area contributed by atoms with Gasteiger partial charge in [-0.2, -0.15) is 5.10 Å². The highest BCUT2D eigenvalue weighted by Gasteiger charge is 2.17. The molecule has 2 aromatic rings. The van der Waals surface area contributed by atoms with Crippen LogP contribution in [-0.2, 0) is 0 Å². The van der Waals surface area contributed by atoms with Gasteiger partial charge in [-0.3, -0.25) is 14.9 Å². The van der Waals surface area contributed by atoms with Crippen LogP contribution in [0.4, 0.5) is 5.69 Å². The Kier molecular flexibility index (Phi) is 4.44. The fourth-order valence-corrected chi connectivity index (χ4v) is 2.58. The Morgan fingerprint density at radius 1 is 1.38 bits per heavy atom. The third-order valence-electron chi connectivity index (χ3n) is 3.00. The van der Waals surface area contributed by atoms with Gasteiger partial charge in [-0.25, -0.2) is 5.43 Å². The Balaban J connectivity index is 2.14. The summed E-state index contributed by atoms with van der Waals surface area (Å²) in [5.74, 6) is -0.471. The Morgan fingerprint density at radius 2 is 2.14 bits per heavy atom. The molecule has 1 aromatic heterocycles. The van der Waals surface area contributed by atoms with E-state index in [0.717, 1.165) is 10.4 Å². The van der Waals surface area contributed by atoms with Crippen molar-refractivity contribution in [3.8, 4) is 0 Å². The summed E-state index contributed by atoms with van der Waals surface area (Å²) >= 11 is 1.52. The number of rotatable bonds is 4. The minimum atomic E-state index is -0.510. The Hall–Kier alpha value is -2.54. The first-order valence-corrected chi connectivity index (χ1v) is 7.00. The van der Waals surface area contributed by atoms with Crippen molar-refractivity contribution >= 4 is 29.1 Å². The van der Waals surface area contributed by atoms with Gasteiger partial charge in [0.15, 0.2) is 0 Å². The largest absolute Gasteiger partial charge is 0.273 e. The van der Waals surface area contributed by atoms with Crippen LogP contribution in [-0.4, -0.2) is 17.0 Å². The van der Waals surface area contributed by atoms with Gasteiger partial charge in [0.1, 0.15) is 0 Å². The van der Waals surface area contributed by atoms with E-state index < -0.39 is 10.8 Å². The van der Waals surface area contributed by atoms with E-state index in [9.17, 15) is 14.9 Å². The lowest BCUT2D eigenvalue weighted by Gasteiger charge is -2.04. The average Bonchev–Trinajstić information content (AvgIpc) is 2.84. The molecule has 1 heterocycles.